The van der Waals surface area contributed by atoms with E-state index in [1.807, 2.05) is 13.8 Å². The number of benzene rings is 2. The number of anilines is 1. The number of hydrogen-bond acceptors (Lipinski definition) is 6. The van der Waals surface area contributed by atoms with Crippen molar-refractivity contribution in [1.29, 1.82) is 0 Å². The Balaban J connectivity index is 1.52. The van der Waals surface area contributed by atoms with Crippen LogP contribution < -0.4 is 15.0 Å². The largest absolute Gasteiger partial charge is 0.491 e. The van der Waals surface area contributed by atoms with Gasteiger partial charge in [0.1, 0.15) is 17.8 Å². The molecule has 0 radical (unpaired) electrons. The maximum Gasteiger partial charge on any atom is 0.430 e. The molecular weight excluding hydrogens is 646 g/mol. The van der Waals surface area contributed by atoms with Crippen LogP contribution in [-0.2, 0) is 20.7 Å². The Morgan fingerprint density at radius 1 is 1.02 bits per heavy atom. The van der Waals surface area contributed by atoms with Gasteiger partial charge in [0.2, 0.25) is 5.91 Å². The highest BCUT2D eigenvalue weighted by molar-refractivity contribution is 6.09. The fraction of sp³-hybridized carbons (Fsp3) is 0.485. The Labute approximate surface area is 274 Å². The van der Waals surface area contributed by atoms with Crippen LogP contribution in [0.25, 0.3) is 6.08 Å². The molecule has 2 aromatic carbocycles. The van der Waals surface area contributed by atoms with Crippen molar-refractivity contribution in [3.8, 4) is 5.75 Å². The molecule has 0 saturated carbocycles. The summed E-state index contributed by atoms with van der Waals surface area (Å²) in [6.07, 6.45) is -9.36. The first-order valence-corrected chi connectivity index (χ1v) is 15.3. The summed E-state index contributed by atoms with van der Waals surface area (Å²) in [5.41, 5.74) is -7.10. The molecule has 2 fully saturated rings. The van der Waals surface area contributed by atoms with E-state index in [0.29, 0.717) is 29.1 Å². The van der Waals surface area contributed by atoms with Gasteiger partial charge in [-0.25, -0.2) is 4.79 Å². The standard InChI is InChI=1S/C33H38F6N4O5/c1-7-8-22-15-24(31(47,32(34,35)36)33(37,38)39)11-14-26(22)41-16-21(5)42(17-20(41)4)27(44)18-43-28(45)30(6,40-29(43)46)23-9-12-25(13-10-23)48-19(2)3/h7-15,19-21,47H,16-18H2,1-6H3,(H,40,46). The summed E-state index contributed by atoms with van der Waals surface area (Å²) in [6.45, 7) is 9.89. The second-order valence-corrected chi connectivity index (χ2v) is 12.5. The molecule has 2 heterocycles. The SMILES string of the molecule is CC=Cc1cc(C(O)(C(F)(F)F)C(F)(F)F)ccc1N1CC(C)N(C(=O)CN2C(=O)NC(C)(c3ccc(OC(C)C)cc3)C2=O)CC1C. The topological polar surface area (TPSA) is 102 Å². The van der Waals surface area contributed by atoms with Gasteiger partial charge in [0.15, 0.2) is 0 Å². The minimum absolute atomic E-state index is 0.00294. The smallest absolute Gasteiger partial charge is 0.430 e. The van der Waals surface area contributed by atoms with Crippen molar-refractivity contribution >= 4 is 29.6 Å². The number of nitrogens with zero attached hydrogens (tertiary/aromatic N) is 3. The van der Waals surface area contributed by atoms with Crippen molar-refractivity contribution in [2.45, 2.75) is 83.2 Å². The van der Waals surface area contributed by atoms with Crippen LogP contribution in [0.5, 0.6) is 5.75 Å². The van der Waals surface area contributed by atoms with Gasteiger partial charge in [-0.1, -0.05) is 30.4 Å². The van der Waals surface area contributed by atoms with Crippen molar-refractivity contribution in [1.82, 2.24) is 15.1 Å². The quantitative estimate of drug-likeness (QED) is 0.273. The average Bonchev–Trinajstić information content (AvgIpc) is 3.20. The lowest BCUT2D eigenvalue weighted by molar-refractivity contribution is -0.376. The number of piperazine rings is 1. The lowest BCUT2D eigenvalue weighted by atomic mass is 9.89. The van der Waals surface area contributed by atoms with E-state index in [9.17, 15) is 45.8 Å². The molecule has 2 aromatic rings. The van der Waals surface area contributed by atoms with Crippen molar-refractivity contribution < 1.29 is 50.6 Å². The van der Waals surface area contributed by atoms with E-state index in [2.05, 4.69) is 5.32 Å². The van der Waals surface area contributed by atoms with Gasteiger partial charge in [-0.2, -0.15) is 26.3 Å². The number of carbonyl (C=O) groups is 3. The molecule has 15 heteroatoms. The van der Waals surface area contributed by atoms with Crippen molar-refractivity contribution in [3.63, 3.8) is 0 Å². The maximum absolute atomic E-state index is 13.6. The molecular formula is C33H38F6N4O5. The van der Waals surface area contributed by atoms with E-state index in [-0.39, 0.29) is 24.8 Å². The van der Waals surface area contributed by atoms with Gasteiger partial charge in [-0.15, -0.1) is 0 Å². The van der Waals surface area contributed by atoms with Gasteiger partial charge in [0, 0.05) is 36.4 Å². The van der Waals surface area contributed by atoms with Crippen LogP contribution in [0.15, 0.2) is 48.5 Å². The highest BCUT2D eigenvalue weighted by Gasteiger charge is 2.71. The first-order valence-electron chi connectivity index (χ1n) is 15.3. The Morgan fingerprint density at radius 2 is 1.62 bits per heavy atom. The summed E-state index contributed by atoms with van der Waals surface area (Å²) in [4.78, 5) is 44.0. The molecule has 3 atom stereocenters. The number of urea groups is 1. The van der Waals surface area contributed by atoms with E-state index in [4.69, 9.17) is 4.74 Å². The average molecular weight is 685 g/mol. The van der Waals surface area contributed by atoms with Crippen molar-refractivity contribution in [2.75, 3.05) is 24.5 Å². The first-order chi connectivity index (χ1) is 22.1. The Hall–Kier alpha value is -4.27. The number of carbonyl (C=O) groups excluding carboxylic acids is 3. The number of halogens is 6. The molecule has 2 N–H and O–H groups in total. The summed E-state index contributed by atoms with van der Waals surface area (Å²) in [5, 5.41) is 12.6. The molecule has 4 amide bonds. The van der Waals surface area contributed by atoms with Crippen LogP contribution in [0.1, 0.15) is 58.2 Å². The van der Waals surface area contributed by atoms with E-state index < -0.39 is 65.5 Å². The number of amides is 4. The Bertz CT molecular complexity index is 1560. The van der Waals surface area contributed by atoms with Crippen LogP contribution in [-0.4, -0.2) is 82.9 Å². The highest BCUT2D eigenvalue weighted by atomic mass is 19.4. The normalized spacial score (nSPS) is 22.6. The van der Waals surface area contributed by atoms with Crippen LogP contribution in [0.4, 0.5) is 36.8 Å². The van der Waals surface area contributed by atoms with Crippen LogP contribution >= 0.6 is 0 Å². The molecule has 0 aliphatic carbocycles. The fourth-order valence-corrected chi connectivity index (χ4v) is 6.05. The second-order valence-electron chi connectivity index (χ2n) is 12.5. The number of nitrogens with one attached hydrogen (secondary N) is 1. The summed E-state index contributed by atoms with van der Waals surface area (Å²) in [6, 6.07) is 7.25. The number of hydrogen-bond donors (Lipinski definition) is 2. The van der Waals surface area contributed by atoms with Gasteiger partial charge in [0.25, 0.3) is 11.5 Å². The minimum Gasteiger partial charge on any atom is -0.491 e. The second kappa shape index (κ2) is 13.0. The number of allylic oxidation sites excluding steroid dienone is 1. The zero-order valence-electron chi connectivity index (χ0n) is 27.2. The molecule has 3 unspecified atom stereocenters. The van der Waals surface area contributed by atoms with Gasteiger partial charge in [0.05, 0.1) is 6.10 Å². The number of rotatable bonds is 8. The van der Waals surface area contributed by atoms with Crippen molar-refractivity contribution in [2.24, 2.45) is 0 Å². The molecule has 48 heavy (non-hydrogen) atoms. The lowest BCUT2D eigenvalue weighted by Crippen LogP contribution is -2.60. The molecule has 0 spiro atoms. The zero-order valence-corrected chi connectivity index (χ0v) is 27.2. The minimum atomic E-state index is -6.04. The van der Waals surface area contributed by atoms with Crippen LogP contribution in [0, 0.1) is 0 Å². The molecule has 2 saturated heterocycles. The Morgan fingerprint density at radius 3 is 2.17 bits per heavy atom. The molecule has 0 bridgehead atoms. The summed E-state index contributed by atoms with van der Waals surface area (Å²) in [7, 11) is 0. The third kappa shape index (κ3) is 6.56. The van der Waals surface area contributed by atoms with Gasteiger partial charge in [-0.3, -0.25) is 14.5 Å². The van der Waals surface area contributed by atoms with Gasteiger partial charge in [-0.05, 0) is 76.9 Å². The van der Waals surface area contributed by atoms with Gasteiger partial charge < -0.3 is 25.0 Å². The molecule has 2 aliphatic rings. The first kappa shape index (κ1) is 36.6. The van der Waals surface area contributed by atoms with E-state index in [0.717, 1.165) is 11.0 Å². The van der Waals surface area contributed by atoms with E-state index in [1.54, 1.807) is 43.0 Å². The number of ether oxygens (including phenoxy) is 1. The third-order valence-electron chi connectivity index (χ3n) is 8.60. The van der Waals surface area contributed by atoms with Crippen LogP contribution in [0.2, 0.25) is 0 Å². The Kier molecular flexibility index (Phi) is 9.88. The predicted molar refractivity (Wildman–Crippen MR) is 165 cm³/mol. The monoisotopic (exact) mass is 684 g/mol. The summed E-state index contributed by atoms with van der Waals surface area (Å²) < 4.78 is 87.1. The predicted octanol–water partition coefficient (Wildman–Crippen LogP) is 5.71. The lowest BCUT2D eigenvalue weighted by Gasteiger charge is -2.46. The number of alkyl halides is 6. The maximum atomic E-state index is 13.6. The molecule has 4 rings (SSSR count). The molecule has 0 aromatic heterocycles. The fourth-order valence-electron chi connectivity index (χ4n) is 6.05. The van der Waals surface area contributed by atoms with Crippen LogP contribution in [0.3, 0.4) is 0 Å². The summed E-state index contributed by atoms with van der Waals surface area (Å²) in [5.74, 6) is -0.556. The summed E-state index contributed by atoms with van der Waals surface area (Å²) >= 11 is 0. The number of imide groups is 1. The van der Waals surface area contributed by atoms with Crippen molar-refractivity contribution in [3.05, 3.63) is 65.2 Å². The molecule has 2 aliphatic heterocycles. The molecule has 262 valence electrons. The van der Waals surface area contributed by atoms with E-state index >= 15 is 0 Å². The number of aliphatic hydroxyl groups is 1. The van der Waals surface area contributed by atoms with Gasteiger partial charge >= 0.3 is 18.4 Å². The molecule has 9 nitrogen and oxygen atoms in total. The third-order valence-corrected chi connectivity index (χ3v) is 8.60. The zero-order chi connectivity index (χ0) is 36.0. The van der Waals surface area contributed by atoms with E-state index in [1.165, 1.54) is 30.9 Å². The highest BCUT2D eigenvalue weighted by Crippen LogP contribution is 2.50.